The third-order valence-electron chi connectivity index (χ3n) is 3.09. The summed E-state index contributed by atoms with van der Waals surface area (Å²) in [5, 5.41) is 8.35. The van der Waals surface area contributed by atoms with Crippen molar-refractivity contribution in [3.05, 3.63) is 27.1 Å². The molecule has 0 aliphatic carbocycles. The normalized spacial score (nSPS) is 15.3. The highest BCUT2D eigenvalue weighted by molar-refractivity contribution is 9.10. The van der Waals surface area contributed by atoms with Crippen molar-refractivity contribution in [2.75, 3.05) is 19.8 Å². The standard InChI is InChI=1S/C17H14BrNO6S/c1-3-5-19-16(22)13(26-17(19)23)8-10-6-11(18)15(25-9-14(20)21)12(7-10)24-4-2/h1,6-8H,4-5,9H2,2H3,(H,20,21). The predicted molar refractivity (Wildman–Crippen MR) is 100.0 cm³/mol. The molecule has 1 fully saturated rings. The van der Waals surface area contributed by atoms with E-state index < -0.39 is 23.7 Å². The zero-order valence-corrected chi connectivity index (χ0v) is 16.1. The summed E-state index contributed by atoms with van der Waals surface area (Å²) in [5.41, 5.74) is 0.578. The molecule has 1 aromatic rings. The first-order valence-electron chi connectivity index (χ1n) is 7.37. The minimum Gasteiger partial charge on any atom is -0.490 e. The maximum atomic E-state index is 12.2. The zero-order valence-electron chi connectivity index (χ0n) is 13.7. The predicted octanol–water partition coefficient (Wildman–Crippen LogP) is 2.98. The zero-order chi connectivity index (χ0) is 19.3. The molecule has 26 heavy (non-hydrogen) atoms. The van der Waals surface area contributed by atoms with Crippen LogP contribution < -0.4 is 9.47 Å². The monoisotopic (exact) mass is 439 g/mol. The summed E-state index contributed by atoms with van der Waals surface area (Å²) >= 11 is 4.11. The Labute approximate surface area is 162 Å². The number of carbonyl (C=O) groups is 3. The van der Waals surface area contributed by atoms with Crippen LogP contribution in [0.1, 0.15) is 12.5 Å². The van der Waals surface area contributed by atoms with Crippen LogP contribution in [0.2, 0.25) is 0 Å². The summed E-state index contributed by atoms with van der Waals surface area (Å²) in [5.74, 6) is 1.25. The van der Waals surface area contributed by atoms with Crippen LogP contribution in [0, 0.1) is 12.3 Å². The number of carboxylic acids is 1. The van der Waals surface area contributed by atoms with Gasteiger partial charge in [-0.05, 0) is 58.4 Å². The van der Waals surface area contributed by atoms with Crippen LogP contribution >= 0.6 is 27.7 Å². The quantitative estimate of drug-likeness (QED) is 0.515. The van der Waals surface area contributed by atoms with Crippen molar-refractivity contribution in [2.45, 2.75) is 6.92 Å². The number of hydrogen-bond acceptors (Lipinski definition) is 6. The van der Waals surface area contributed by atoms with Gasteiger partial charge in [0, 0.05) is 0 Å². The average Bonchev–Trinajstić information content (AvgIpc) is 2.82. The first-order chi connectivity index (χ1) is 12.4. The van der Waals surface area contributed by atoms with Gasteiger partial charge in [-0.15, -0.1) is 6.42 Å². The van der Waals surface area contributed by atoms with E-state index in [0.717, 1.165) is 16.7 Å². The third-order valence-corrected chi connectivity index (χ3v) is 4.59. The van der Waals surface area contributed by atoms with Gasteiger partial charge in [0.1, 0.15) is 0 Å². The number of carboxylic acid groups (broad SMARTS) is 1. The van der Waals surface area contributed by atoms with Gasteiger partial charge in [0.05, 0.1) is 22.5 Å². The number of amides is 2. The smallest absolute Gasteiger partial charge is 0.341 e. The Morgan fingerprint density at radius 3 is 2.77 bits per heavy atom. The number of halogens is 1. The van der Waals surface area contributed by atoms with E-state index in [2.05, 4.69) is 21.9 Å². The van der Waals surface area contributed by atoms with Gasteiger partial charge in [-0.3, -0.25) is 14.5 Å². The number of ether oxygens (including phenoxy) is 2. The molecule has 0 saturated carbocycles. The molecule has 1 N–H and O–H groups in total. The number of hydrogen-bond donors (Lipinski definition) is 1. The first-order valence-corrected chi connectivity index (χ1v) is 8.98. The molecule has 1 aliphatic rings. The van der Waals surface area contributed by atoms with Crippen LogP contribution in [-0.4, -0.2) is 46.9 Å². The lowest BCUT2D eigenvalue weighted by molar-refractivity contribution is -0.139. The summed E-state index contributed by atoms with van der Waals surface area (Å²) in [6, 6.07) is 3.23. The molecule has 2 rings (SSSR count). The summed E-state index contributed by atoms with van der Waals surface area (Å²) in [4.78, 5) is 36.0. The molecule has 0 spiro atoms. The number of terminal acetylenes is 1. The number of thioether (sulfide) groups is 1. The van der Waals surface area contributed by atoms with Crippen molar-refractivity contribution in [3.8, 4) is 23.8 Å². The molecule has 2 amide bonds. The van der Waals surface area contributed by atoms with E-state index in [1.165, 1.54) is 6.08 Å². The molecule has 1 saturated heterocycles. The molecule has 0 bridgehead atoms. The Hall–Kier alpha value is -2.44. The number of imide groups is 1. The molecule has 1 heterocycles. The van der Waals surface area contributed by atoms with Gasteiger partial charge in [-0.2, -0.15) is 0 Å². The fourth-order valence-electron chi connectivity index (χ4n) is 2.09. The van der Waals surface area contributed by atoms with Crippen LogP contribution in [0.3, 0.4) is 0 Å². The first kappa shape index (κ1) is 19.9. The van der Waals surface area contributed by atoms with E-state index in [4.69, 9.17) is 21.0 Å². The van der Waals surface area contributed by atoms with E-state index in [0.29, 0.717) is 22.4 Å². The number of benzene rings is 1. The molecule has 136 valence electrons. The van der Waals surface area contributed by atoms with Crippen molar-refractivity contribution in [1.82, 2.24) is 4.90 Å². The lowest BCUT2D eigenvalue weighted by Gasteiger charge is -2.13. The van der Waals surface area contributed by atoms with Crippen LogP contribution in [0.15, 0.2) is 21.5 Å². The molecule has 1 aromatic carbocycles. The Morgan fingerprint density at radius 1 is 1.42 bits per heavy atom. The highest BCUT2D eigenvalue weighted by Crippen LogP contribution is 2.39. The molecule has 9 heteroatoms. The molecule has 0 unspecified atom stereocenters. The molecule has 0 atom stereocenters. The average molecular weight is 440 g/mol. The Morgan fingerprint density at radius 2 is 2.15 bits per heavy atom. The molecule has 1 aliphatic heterocycles. The van der Waals surface area contributed by atoms with E-state index in [1.54, 1.807) is 19.1 Å². The fraction of sp³-hybridized carbons (Fsp3) is 0.235. The van der Waals surface area contributed by atoms with Crippen molar-refractivity contribution in [2.24, 2.45) is 0 Å². The number of nitrogens with zero attached hydrogens (tertiary/aromatic N) is 1. The van der Waals surface area contributed by atoms with Crippen molar-refractivity contribution in [1.29, 1.82) is 0 Å². The Bertz CT molecular complexity index is 829. The van der Waals surface area contributed by atoms with Crippen LogP contribution in [0.4, 0.5) is 4.79 Å². The summed E-state index contributed by atoms with van der Waals surface area (Å²) in [6.45, 7) is 1.49. The largest absolute Gasteiger partial charge is 0.490 e. The summed E-state index contributed by atoms with van der Waals surface area (Å²) < 4.78 is 11.2. The summed E-state index contributed by atoms with van der Waals surface area (Å²) in [6.07, 6.45) is 6.70. The highest BCUT2D eigenvalue weighted by Gasteiger charge is 2.34. The Kier molecular flexibility index (Phi) is 6.71. The lowest BCUT2D eigenvalue weighted by Crippen LogP contribution is -2.28. The molecule has 0 aromatic heterocycles. The Balaban J connectivity index is 2.36. The molecule has 0 radical (unpaired) electrons. The topological polar surface area (TPSA) is 93.1 Å². The van der Waals surface area contributed by atoms with Gasteiger partial charge < -0.3 is 14.6 Å². The second-order valence-electron chi connectivity index (χ2n) is 4.92. The van der Waals surface area contributed by atoms with E-state index in [1.807, 2.05) is 0 Å². The van der Waals surface area contributed by atoms with Gasteiger partial charge >= 0.3 is 5.97 Å². The van der Waals surface area contributed by atoms with E-state index >= 15 is 0 Å². The van der Waals surface area contributed by atoms with E-state index in [-0.39, 0.29) is 17.2 Å². The van der Waals surface area contributed by atoms with Crippen molar-refractivity contribution in [3.63, 3.8) is 0 Å². The van der Waals surface area contributed by atoms with E-state index in [9.17, 15) is 14.4 Å². The second-order valence-corrected chi connectivity index (χ2v) is 6.76. The second kappa shape index (κ2) is 8.78. The lowest BCUT2D eigenvalue weighted by atomic mass is 10.2. The number of aliphatic carboxylic acids is 1. The maximum Gasteiger partial charge on any atom is 0.341 e. The fourth-order valence-corrected chi connectivity index (χ4v) is 3.50. The SMILES string of the molecule is C#CCN1C(=O)SC(=Cc2cc(Br)c(OCC(=O)O)c(OCC)c2)C1=O. The van der Waals surface area contributed by atoms with Gasteiger partial charge in [0.15, 0.2) is 18.1 Å². The van der Waals surface area contributed by atoms with Crippen LogP contribution in [-0.2, 0) is 9.59 Å². The number of carbonyl (C=O) groups excluding carboxylic acids is 2. The van der Waals surface area contributed by atoms with Gasteiger partial charge in [-0.25, -0.2) is 4.79 Å². The van der Waals surface area contributed by atoms with Gasteiger partial charge in [0.2, 0.25) is 0 Å². The minimum atomic E-state index is -1.12. The highest BCUT2D eigenvalue weighted by atomic mass is 79.9. The summed E-state index contributed by atoms with van der Waals surface area (Å²) in [7, 11) is 0. The van der Waals surface area contributed by atoms with Crippen LogP contribution in [0.25, 0.3) is 6.08 Å². The van der Waals surface area contributed by atoms with Gasteiger partial charge in [-0.1, -0.05) is 5.92 Å². The minimum absolute atomic E-state index is 0.0855. The van der Waals surface area contributed by atoms with Crippen molar-refractivity contribution < 1.29 is 29.0 Å². The van der Waals surface area contributed by atoms with Crippen molar-refractivity contribution >= 4 is 50.9 Å². The molecule has 7 nitrogen and oxygen atoms in total. The molecular formula is C17H14BrNO6S. The van der Waals surface area contributed by atoms with Crippen LogP contribution in [0.5, 0.6) is 11.5 Å². The molecular weight excluding hydrogens is 426 g/mol. The van der Waals surface area contributed by atoms with Gasteiger partial charge in [0.25, 0.3) is 11.1 Å². The third kappa shape index (κ3) is 4.59. The number of rotatable bonds is 7. The maximum absolute atomic E-state index is 12.2.